The molecule has 0 saturated carbocycles. The van der Waals surface area contributed by atoms with E-state index in [-0.39, 0.29) is 12.0 Å². The fourth-order valence-electron chi connectivity index (χ4n) is 3.47. The van der Waals surface area contributed by atoms with Gasteiger partial charge in [-0.15, -0.1) is 0 Å². The van der Waals surface area contributed by atoms with Crippen molar-refractivity contribution in [2.45, 2.75) is 26.8 Å². The van der Waals surface area contributed by atoms with Crippen LogP contribution in [0.4, 0.5) is 11.8 Å². The van der Waals surface area contributed by atoms with Gasteiger partial charge in [-0.05, 0) is 32.9 Å². The number of hydrogen-bond donors (Lipinski definition) is 3. The van der Waals surface area contributed by atoms with E-state index in [4.69, 9.17) is 10.7 Å². The van der Waals surface area contributed by atoms with Gasteiger partial charge in [0.2, 0.25) is 5.95 Å². The fraction of sp³-hybridized carbons (Fsp3) is 0.250. The molecule has 4 aromatic rings. The molecule has 4 rings (SSSR count). The van der Waals surface area contributed by atoms with E-state index in [0.29, 0.717) is 17.1 Å². The van der Waals surface area contributed by atoms with Crippen LogP contribution in [0.25, 0.3) is 22.2 Å². The van der Waals surface area contributed by atoms with Gasteiger partial charge in [-0.1, -0.05) is 0 Å². The average Bonchev–Trinajstić information content (AvgIpc) is 3.26. The molecule has 4 aromatic heterocycles. The molecule has 29 heavy (non-hydrogen) atoms. The van der Waals surface area contributed by atoms with Gasteiger partial charge in [0.1, 0.15) is 17.5 Å². The Hall–Kier alpha value is -3.93. The molecule has 1 atom stereocenters. The molecular weight excluding hydrogens is 366 g/mol. The normalized spacial score (nSPS) is 12.1. The molecular formula is C20H21N9. The zero-order chi connectivity index (χ0) is 20.7. The van der Waals surface area contributed by atoms with Crippen molar-refractivity contribution in [2.24, 2.45) is 7.05 Å². The summed E-state index contributed by atoms with van der Waals surface area (Å²) in [6.45, 7) is 5.69. The SMILES string of the molecule is Cc1nc(N)nc(N[C@@H](C)c2nc3ccn(C)c3cc2-c2cn[nH]c2C)c1C#N. The highest BCUT2D eigenvalue weighted by molar-refractivity contribution is 5.84. The molecule has 0 fully saturated rings. The minimum atomic E-state index is -0.246. The molecule has 0 unspecified atom stereocenters. The number of pyridine rings is 1. The summed E-state index contributed by atoms with van der Waals surface area (Å²) in [5.74, 6) is 0.517. The molecule has 0 radical (unpaired) electrons. The Balaban J connectivity index is 1.85. The molecule has 0 bridgehead atoms. The molecule has 0 saturated heterocycles. The average molecular weight is 387 g/mol. The molecule has 0 aromatic carbocycles. The lowest BCUT2D eigenvalue weighted by Crippen LogP contribution is -2.14. The topological polar surface area (TPSA) is 134 Å². The number of nitrogen functional groups attached to an aromatic ring is 1. The van der Waals surface area contributed by atoms with Crippen LogP contribution in [0.5, 0.6) is 0 Å². The van der Waals surface area contributed by atoms with E-state index >= 15 is 0 Å². The van der Waals surface area contributed by atoms with E-state index in [1.165, 1.54) is 0 Å². The van der Waals surface area contributed by atoms with Crippen LogP contribution in [0.1, 0.15) is 35.6 Å². The molecule has 9 heteroatoms. The standard InChI is InChI=1S/C20H21N9/c1-10-14(8-21)19(27-20(22)25-10)24-12(3)18-13(15-9-23-28-11(15)2)7-17-16(26-18)5-6-29(17)4/h5-7,9,12H,1-4H3,(H,23,28)(H3,22,24,25,27)/t12-/m0/s1. The van der Waals surface area contributed by atoms with Crippen molar-refractivity contribution in [3.05, 3.63) is 47.2 Å². The van der Waals surface area contributed by atoms with Crippen molar-refractivity contribution in [3.8, 4) is 17.2 Å². The number of aromatic amines is 1. The lowest BCUT2D eigenvalue weighted by molar-refractivity contribution is 0.837. The maximum Gasteiger partial charge on any atom is 0.222 e. The number of aryl methyl sites for hydroxylation is 3. The Kier molecular flexibility index (Phi) is 4.39. The van der Waals surface area contributed by atoms with Crippen molar-refractivity contribution in [2.75, 3.05) is 11.1 Å². The van der Waals surface area contributed by atoms with Gasteiger partial charge < -0.3 is 15.6 Å². The van der Waals surface area contributed by atoms with Crippen LogP contribution in [0, 0.1) is 25.2 Å². The Labute approximate surface area is 167 Å². The van der Waals surface area contributed by atoms with E-state index in [2.05, 4.69) is 37.6 Å². The number of nitriles is 1. The number of nitrogens with one attached hydrogen (secondary N) is 2. The largest absolute Gasteiger partial charge is 0.368 e. The van der Waals surface area contributed by atoms with Gasteiger partial charge in [0.25, 0.3) is 0 Å². The first-order valence-corrected chi connectivity index (χ1v) is 9.16. The third-order valence-corrected chi connectivity index (χ3v) is 5.00. The van der Waals surface area contributed by atoms with Gasteiger partial charge in [0.15, 0.2) is 0 Å². The van der Waals surface area contributed by atoms with Crippen LogP contribution >= 0.6 is 0 Å². The number of hydrogen-bond acceptors (Lipinski definition) is 7. The summed E-state index contributed by atoms with van der Waals surface area (Å²) in [5.41, 5.74) is 12.3. The summed E-state index contributed by atoms with van der Waals surface area (Å²) in [6.07, 6.45) is 3.78. The van der Waals surface area contributed by atoms with E-state index in [1.807, 2.05) is 37.7 Å². The number of nitrogens with two attached hydrogens (primary N) is 1. The van der Waals surface area contributed by atoms with Crippen molar-refractivity contribution in [3.63, 3.8) is 0 Å². The lowest BCUT2D eigenvalue weighted by atomic mass is 10.00. The predicted molar refractivity (Wildman–Crippen MR) is 111 cm³/mol. The summed E-state index contributed by atoms with van der Waals surface area (Å²) >= 11 is 0. The van der Waals surface area contributed by atoms with Crippen LogP contribution in [0.3, 0.4) is 0 Å². The molecule has 0 aliphatic carbocycles. The molecule has 0 aliphatic heterocycles. The third-order valence-electron chi connectivity index (χ3n) is 5.00. The number of rotatable bonds is 4. The fourth-order valence-corrected chi connectivity index (χ4v) is 3.47. The zero-order valence-corrected chi connectivity index (χ0v) is 16.6. The highest BCUT2D eigenvalue weighted by atomic mass is 15.1. The number of nitrogens with zero attached hydrogens (tertiary/aromatic N) is 6. The van der Waals surface area contributed by atoms with Crippen molar-refractivity contribution < 1.29 is 0 Å². The van der Waals surface area contributed by atoms with E-state index in [9.17, 15) is 5.26 Å². The van der Waals surface area contributed by atoms with Gasteiger partial charge in [-0.3, -0.25) is 5.10 Å². The molecule has 4 heterocycles. The Bertz CT molecular complexity index is 1260. The maximum absolute atomic E-state index is 9.52. The second-order valence-corrected chi connectivity index (χ2v) is 7.03. The van der Waals surface area contributed by atoms with Gasteiger partial charge in [0.05, 0.1) is 34.7 Å². The minimum Gasteiger partial charge on any atom is -0.368 e. The Morgan fingerprint density at radius 1 is 1.24 bits per heavy atom. The van der Waals surface area contributed by atoms with Crippen molar-refractivity contribution in [1.82, 2.24) is 29.7 Å². The van der Waals surface area contributed by atoms with Gasteiger partial charge in [0, 0.05) is 30.1 Å². The van der Waals surface area contributed by atoms with Crippen LogP contribution < -0.4 is 11.1 Å². The second-order valence-electron chi connectivity index (χ2n) is 7.03. The van der Waals surface area contributed by atoms with Crippen molar-refractivity contribution >= 4 is 22.8 Å². The Morgan fingerprint density at radius 3 is 2.72 bits per heavy atom. The molecule has 0 aliphatic rings. The van der Waals surface area contributed by atoms with Crippen LogP contribution in [-0.2, 0) is 7.05 Å². The zero-order valence-electron chi connectivity index (χ0n) is 16.6. The smallest absolute Gasteiger partial charge is 0.222 e. The molecule has 0 amide bonds. The maximum atomic E-state index is 9.52. The van der Waals surface area contributed by atoms with Crippen LogP contribution in [-0.4, -0.2) is 29.7 Å². The number of H-pyrrole nitrogens is 1. The minimum absolute atomic E-state index is 0.119. The first-order valence-electron chi connectivity index (χ1n) is 9.16. The summed E-state index contributed by atoms with van der Waals surface area (Å²) < 4.78 is 2.03. The molecule has 0 spiro atoms. The van der Waals surface area contributed by atoms with E-state index in [0.717, 1.165) is 33.5 Å². The number of aromatic nitrogens is 6. The monoisotopic (exact) mass is 387 g/mol. The molecule has 9 nitrogen and oxygen atoms in total. The number of fused-ring (bicyclic) bond motifs is 1. The predicted octanol–water partition coefficient (Wildman–Crippen LogP) is 3.00. The summed E-state index contributed by atoms with van der Waals surface area (Å²) in [5, 5.41) is 20.0. The Morgan fingerprint density at radius 2 is 2.03 bits per heavy atom. The first kappa shape index (κ1) is 18.4. The van der Waals surface area contributed by atoms with E-state index < -0.39 is 0 Å². The first-order chi connectivity index (χ1) is 13.9. The summed E-state index contributed by atoms with van der Waals surface area (Å²) in [4.78, 5) is 13.2. The summed E-state index contributed by atoms with van der Waals surface area (Å²) in [6, 6.07) is 5.99. The van der Waals surface area contributed by atoms with Gasteiger partial charge in [-0.25, -0.2) is 9.97 Å². The number of anilines is 2. The molecule has 146 valence electrons. The van der Waals surface area contributed by atoms with Crippen molar-refractivity contribution in [1.29, 1.82) is 5.26 Å². The third kappa shape index (κ3) is 3.14. The lowest BCUT2D eigenvalue weighted by Gasteiger charge is -2.19. The highest BCUT2D eigenvalue weighted by Crippen LogP contribution is 2.33. The quantitative estimate of drug-likeness (QED) is 0.490. The highest BCUT2D eigenvalue weighted by Gasteiger charge is 2.21. The summed E-state index contributed by atoms with van der Waals surface area (Å²) in [7, 11) is 1.99. The van der Waals surface area contributed by atoms with Crippen LogP contribution in [0.2, 0.25) is 0 Å². The second kappa shape index (κ2) is 6.91. The molecule has 4 N–H and O–H groups in total. The van der Waals surface area contributed by atoms with E-state index in [1.54, 1.807) is 13.1 Å². The van der Waals surface area contributed by atoms with Crippen LogP contribution in [0.15, 0.2) is 24.5 Å². The van der Waals surface area contributed by atoms with Gasteiger partial charge in [-0.2, -0.15) is 15.3 Å². The van der Waals surface area contributed by atoms with Gasteiger partial charge >= 0.3 is 0 Å².